The molecule has 2 N–H and O–H groups in total. The second-order valence-corrected chi connectivity index (χ2v) is 8.56. The lowest BCUT2D eigenvalue weighted by Gasteiger charge is -2.10. The second kappa shape index (κ2) is 9.57. The van der Waals surface area contributed by atoms with Gasteiger partial charge in [-0.1, -0.05) is 23.2 Å². The summed E-state index contributed by atoms with van der Waals surface area (Å²) in [6.45, 7) is 0.338. The minimum atomic E-state index is -0.217. The van der Waals surface area contributed by atoms with Gasteiger partial charge in [0, 0.05) is 16.3 Å². The molecule has 1 aromatic heterocycles. The molecule has 5 nitrogen and oxygen atoms in total. The summed E-state index contributed by atoms with van der Waals surface area (Å²) in [6, 6.07) is 7.22. The van der Waals surface area contributed by atoms with E-state index in [9.17, 15) is 10.1 Å². The SMILES string of the molecule is N#Cc1c(NC(=S)NC(=O)CCCOc2ccc(Cl)cc2Cl)sc2c1CCC2. The number of halogens is 2. The van der Waals surface area contributed by atoms with Crippen LogP contribution in [-0.4, -0.2) is 17.6 Å². The zero-order chi connectivity index (χ0) is 20.1. The molecule has 0 saturated heterocycles. The van der Waals surface area contributed by atoms with Crippen LogP contribution in [0.4, 0.5) is 5.00 Å². The van der Waals surface area contributed by atoms with Crippen molar-refractivity contribution in [3.63, 3.8) is 0 Å². The number of amides is 1. The molecule has 0 radical (unpaired) electrons. The number of fused-ring (bicyclic) bond motifs is 1. The van der Waals surface area contributed by atoms with Crippen molar-refractivity contribution in [2.45, 2.75) is 32.1 Å². The Bertz CT molecular complexity index is 953. The number of anilines is 1. The van der Waals surface area contributed by atoms with Crippen molar-refractivity contribution in [1.29, 1.82) is 5.26 Å². The van der Waals surface area contributed by atoms with E-state index < -0.39 is 0 Å². The summed E-state index contributed by atoms with van der Waals surface area (Å²) in [4.78, 5) is 13.3. The van der Waals surface area contributed by atoms with Crippen LogP contribution in [-0.2, 0) is 17.6 Å². The molecule has 1 aliphatic carbocycles. The normalized spacial score (nSPS) is 12.2. The number of nitrogens with one attached hydrogen (secondary N) is 2. The predicted molar refractivity (Wildman–Crippen MR) is 117 cm³/mol. The maximum absolute atomic E-state index is 12.1. The smallest absolute Gasteiger partial charge is 0.226 e. The van der Waals surface area contributed by atoms with Crippen LogP contribution in [0.5, 0.6) is 5.75 Å². The highest BCUT2D eigenvalue weighted by molar-refractivity contribution is 7.80. The molecule has 2 aromatic rings. The van der Waals surface area contributed by atoms with Crippen LogP contribution in [0.2, 0.25) is 10.0 Å². The number of hydrogen-bond donors (Lipinski definition) is 2. The third-order valence-corrected chi connectivity index (χ3v) is 6.15. The van der Waals surface area contributed by atoms with Crippen molar-refractivity contribution < 1.29 is 9.53 Å². The number of carbonyl (C=O) groups excluding carboxylic acids is 1. The van der Waals surface area contributed by atoms with Crippen LogP contribution in [0.25, 0.3) is 0 Å². The average Bonchev–Trinajstić information content (AvgIpc) is 3.20. The molecule has 9 heteroatoms. The van der Waals surface area contributed by atoms with Crippen molar-refractivity contribution in [2.75, 3.05) is 11.9 Å². The van der Waals surface area contributed by atoms with Gasteiger partial charge in [-0.05, 0) is 61.7 Å². The van der Waals surface area contributed by atoms with Gasteiger partial charge in [0.1, 0.15) is 16.8 Å². The van der Waals surface area contributed by atoms with E-state index in [1.165, 1.54) is 16.2 Å². The molecular formula is C19H17Cl2N3O2S2. The quantitative estimate of drug-likeness (QED) is 0.470. The number of thiocarbonyl (C=S) groups is 1. The van der Waals surface area contributed by atoms with E-state index in [4.69, 9.17) is 40.2 Å². The van der Waals surface area contributed by atoms with Crippen LogP contribution in [0.15, 0.2) is 18.2 Å². The maximum atomic E-state index is 12.1. The van der Waals surface area contributed by atoms with Crippen molar-refractivity contribution in [2.24, 2.45) is 0 Å². The van der Waals surface area contributed by atoms with E-state index in [1.54, 1.807) is 18.2 Å². The molecule has 0 saturated carbocycles. The summed E-state index contributed by atoms with van der Waals surface area (Å²) in [5.74, 6) is 0.310. The lowest BCUT2D eigenvalue weighted by atomic mass is 10.1. The molecule has 146 valence electrons. The Morgan fingerprint density at radius 2 is 2.18 bits per heavy atom. The van der Waals surface area contributed by atoms with Gasteiger partial charge in [-0.3, -0.25) is 4.79 Å². The van der Waals surface area contributed by atoms with Crippen molar-refractivity contribution in [3.8, 4) is 11.8 Å². The summed E-state index contributed by atoms with van der Waals surface area (Å²) < 4.78 is 5.55. The molecule has 0 spiro atoms. The zero-order valence-electron chi connectivity index (χ0n) is 14.8. The predicted octanol–water partition coefficient (Wildman–Crippen LogP) is 5.09. The average molecular weight is 454 g/mol. The molecule has 3 rings (SSSR count). The first kappa shape index (κ1) is 20.9. The van der Waals surface area contributed by atoms with Gasteiger partial charge in [0.15, 0.2) is 5.11 Å². The van der Waals surface area contributed by atoms with Gasteiger partial charge in [0.05, 0.1) is 17.2 Å². The summed E-state index contributed by atoms with van der Waals surface area (Å²) in [7, 11) is 0. The number of benzene rings is 1. The number of nitrogens with zero attached hydrogens (tertiary/aromatic N) is 1. The first-order chi connectivity index (χ1) is 13.5. The second-order valence-electron chi connectivity index (χ2n) is 6.20. The number of thiophene rings is 1. The lowest BCUT2D eigenvalue weighted by molar-refractivity contribution is -0.119. The number of nitriles is 1. The number of aryl methyl sites for hydroxylation is 1. The molecule has 1 aromatic carbocycles. The number of carbonyl (C=O) groups is 1. The largest absolute Gasteiger partial charge is 0.492 e. The Hall–Kier alpha value is -1.85. The van der Waals surface area contributed by atoms with Crippen LogP contribution in [0.1, 0.15) is 35.3 Å². The van der Waals surface area contributed by atoms with E-state index >= 15 is 0 Å². The third kappa shape index (κ3) is 5.15. The van der Waals surface area contributed by atoms with Gasteiger partial charge in [-0.15, -0.1) is 11.3 Å². The molecule has 0 unspecified atom stereocenters. The Morgan fingerprint density at radius 1 is 1.36 bits per heavy atom. The summed E-state index contributed by atoms with van der Waals surface area (Å²) in [6.07, 6.45) is 3.75. The minimum absolute atomic E-state index is 0.197. The standard InChI is InChI=1S/C19H17Cl2N3O2S2/c20-11-6-7-15(14(21)9-11)26-8-2-5-17(25)23-19(27)24-18-13(10-22)12-3-1-4-16(12)28-18/h6-7,9H,1-5,8H2,(H2,23,24,25,27). The summed E-state index contributed by atoms with van der Waals surface area (Å²) in [5.41, 5.74) is 1.75. The molecular weight excluding hydrogens is 437 g/mol. The topological polar surface area (TPSA) is 74.2 Å². The molecule has 28 heavy (non-hydrogen) atoms. The summed E-state index contributed by atoms with van der Waals surface area (Å²) >= 11 is 18.6. The van der Waals surface area contributed by atoms with Crippen LogP contribution in [0, 0.1) is 11.3 Å². The van der Waals surface area contributed by atoms with Gasteiger partial charge in [0.2, 0.25) is 5.91 Å². The highest BCUT2D eigenvalue weighted by Crippen LogP contribution is 2.38. The fourth-order valence-electron chi connectivity index (χ4n) is 2.94. The number of ether oxygens (including phenoxy) is 1. The fraction of sp³-hybridized carbons (Fsp3) is 0.316. The van der Waals surface area contributed by atoms with E-state index in [0.717, 1.165) is 24.8 Å². The lowest BCUT2D eigenvalue weighted by Crippen LogP contribution is -2.34. The fourth-order valence-corrected chi connectivity index (χ4v) is 4.93. The number of hydrogen-bond acceptors (Lipinski definition) is 5. The van der Waals surface area contributed by atoms with Crippen molar-refractivity contribution in [1.82, 2.24) is 5.32 Å². The van der Waals surface area contributed by atoms with Crippen LogP contribution < -0.4 is 15.4 Å². The first-order valence-electron chi connectivity index (χ1n) is 8.71. The van der Waals surface area contributed by atoms with Crippen molar-refractivity contribution in [3.05, 3.63) is 44.2 Å². The Labute approximate surface area is 182 Å². The monoisotopic (exact) mass is 453 g/mol. The van der Waals surface area contributed by atoms with E-state index in [-0.39, 0.29) is 17.4 Å². The highest BCUT2D eigenvalue weighted by atomic mass is 35.5. The molecule has 0 aliphatic heterocycles. The van der Waals surface area contributed by atoms with Crippen LogP contribution >= 0.6 is 46.8 Å². The molecule has 0 atom stereocenters. The maximum Gasteiger partial charge on any atom is 0.226 e. The van der Waals surface area contributed by atoms with Gasteiger partial charge >= 0.3 is 0 Å². The Morgan fingerprint density at radius 3 is 2.93 bits per heavy atom. The molecule has 0 fully saturated rings. The van der Waals surface area contributed by atoms with Crippen molar-refractivity contribution >= 4 is 62.8 Å². The Balaban J connectivity index is 1.42. The molecule has 1 amide bonds. The van der Waals surface area contributed by atoms with Gasteiger partial charge in [0.25, 0.3) is 0 Å². The highest BCUT2D eigenvalue weighted by Gasteiger charge is 2.22. The zero-order valence-corrected chi connectivity index (χ0v) is 18.0. The van der Waals surface area contributed by atoms with Crippen LogP contribution in [0.3, 0.4) is 0 Å². The van der Waals surface area contributed by atoms with E-state index in [1.807, 2.05) is 0 Å². The summed E-state index contributed by atoms with van der Waals surface area (Å²) in [5, 5.41) is 16.9. The van der Waals surface area contributed by atoms with Gasteiger partial charge < -0.3 is 15.4 Å². The molecule has 0 bridgehead atoms. The Kier molecular flexibility index (Phi) is 7.13. The van der Waals surface area contributed by atoms with Gasteiger partial charge in [-0.2, -0.15) is 5.26 Å². The molecule has 1 aliphatic rings. The van der Waals surface area contributed by atoms with Gasteiger partial charge in [-0.25, -0.2) is 0 Å². The van der Waals surface area contributed by atoms with E-state index in [0.29, 0.717) is 39.4 Å². The van der Waals surface area contributed by atoms with E-state index in [2.05, 4.69) is 16.7 Å². The molecule has 1 heterocycles. The minimum Gasteiger partial charge on any atom is -0.492 e. The third-order valence-electron chi connectivity index (χ3n) is 4.21. The first-order valence-corrected chi connectivity index (χ1v) is 10.7. The number of rotatable bonds is 6.